The third kappa shape index (κ3) is 3.98. The zero-order valence-electron chi connectivity index (χ0n) is 12.9. The number of hydrogen-bond acceptors (Lipinski definition) is 4. The van der Waals surface area contributed by atoms with Gasteiger partial charge < -0.3 is 14.8 Å². The van der Waals surface area contributed by atoms with Crippen LogP contribution in [0.25, 0.3) is 0 Å². The molecule has 5 nitrogen and oxygen atoms in total. The Hall–Kier alpha value is -2.01. The Kier molecular flexibility index (Phi) is 5.63. The number of ether oxygens (including phenoxy) is 2. The van der Waals surface area contributed by atoms with Crippen LogP contribution in [-0.4, -0.2) is 30.0 Å². The van der Waals surface area contributed by atoms with Crippen molar-refractivity contribution in [1.82, 2.24) is 15.1 Å². The molecule has 1 heterocycles. The Balaban J connectivity index is 2.12. The molecular formula is C16H23N3O2. The van der Waals surface area contributed by atoms with Crippen molar-refractivity contribution in [2.75, 3.05) is 20.3 Å². The molecule has 0 saturated heterocycles. The number of aryl methyl sites for hydroxylation is 1. The molecule has 5 heteroatoms. The molecule has 1 unspecified atom stereocenters. The molecule has 2 rings (SSSR count). The van der Waals surface area contributed by atoms with Crippen molar-refractivity contribution in [2.45, 2.75) is 19.4 Å². The van der Waals surface area contributed by atoms with Crippen molar-refractivity contribution in [3.63, 3.8) is 0 Å². The number of benzene rings is 1. The highest BCUT2D eigenvalue weighted by atomic mass is 16.5. The van der Waals surface area contributed by atoms with Crippen molar-refractivity contribution in [3.8, 4) is 11.5 Å². The molecule has 0 fully saturated rings. The number of aromatic nitrogens is 2. The smallest absolute Gasteiger partial charge is 0.161 e. The van der Waals surface area contributed by atoms with Crippen molar-refractivity contribution in [1.29, 1.82) is 0 Å². The second-order valence-corrected chi connectivity index (χ2v) is 4.85. The van der Waals surface area contributed by atoms with Crippen LogP contribution in [-0.2, 0) is 7.05 Å². The zero-order chi connectivity index (χ0) is 15.1. The maximum Gasteiger partial charge on any atom is 0.161 e. The summed E-state index contributed by atoms with van der Waals surface area (Å²) in [5.41, 5.74) is 1.00. The monoisotopic (exact) mass is 289 g/mol. The normalized spacial score (nSPS) is 12.1. The van der Waals surface area contributed by atoms with Gasteiger partial charge in [0.1, 0.15) is 18.1 Å². The van der Waals surface area contributed by atoms with E-state index in [0.29, 0.717) is 6.61 Å². The minimum absolute atomic E-state index is 0.0348. The van der Waals surface area contributed by atoms with Crippen LogP contribution in [0, 0.1) is 0 Å². The summed E-state index contributed by atoms with van der Waals surface area (Å²) in [6.07, 6.45) is 2.79. The fraction of sp³-hybridized carbons (Fsp3) is 0.438. The molecular weight excluding hydrogens is 266 g/mol. The number of hydrogen-bond donors (Lipinski definition) is 1. The third-order valence-electron chi connectivity index (χ3n) is 3.30. The molecule has 0 radical (unpaired) electrons. The van der Waals surface area contributed by atoms with Gasteiger partial charge in [-0.25, -0.2) is 0 Å². The van der Waals surface area contributed by atoms with Crippen molar-refractivity contribution in [2.24, 2.45) is 7.05 Å². The second-order valence-electron chi connectivity index (χ2n) is 4.85. The summed E-state index contributed by atoms with van der Waals surface area (Å²) in [6.45, 7) is 3.58. The Labute approximate surface area is 125 Å². The first-order chi connectivity index (χ1) is 10.3. The van der Waals surface area contributed by atoms with Gasteiger partial charge in [-0.2, -0.15) is 5.10 Å². The van der Waals surface area contributed by atoms with Gasteiger partial charge in [0.05, 0.1) is 19.3 Å². The molecule has 0 spiro atoms. The predicted molar refractivity (Wildman–Crippen MR) is 82.7 cm³/mol. The molecule has 2 aromatic rings. The van der Waals surface area contributed by atoms with Gasteiger partial charge in [0.25, 0.3) is 0 Å². The lowest BCUT2D eigenvalue weighted by atomic mass is 10.2. The minimum atomic E-state index is 0.0348. The topological polar surface area (TPSA) is 48.3 Å². The lowest BCUT2D eigenvalue weighted by Gasteiger charge is -2.20. The van der Waals surface area contributed by atoms with Gasteiger partial charge in [0.2, 0.25) is 0 Å². The molecule has 0 aliphatic carbocycles. The molecule has 1 N–H and O–H groups in total. The summed E-state index contributed by atoms with van der Waals surface area (Å²) < 4.78 is 13.1. The molecule has 21 heavy (non-hydrogen) atoms. The predicted octanol–water partition coefficient (Wildman–Crippen LogP) is 2.55. The van der Waals surface area contributed by atoms with Gasteiger partial charge in [-0.1, -0.05) is 25.1 Å². The van der Waals surface area contributed by atoms with E-state index in [9.17, 15) is 0 Å². The fourth-order valence-corrected chi connectivity index (χ4v) is 2.23. The standard InChI is InChI=1S/C16H23N3O2/c1-4-10-17-14(12-21-13-8-6-5-7-9-13)16-15(20-3)11-18-19(16)2/h5-9,11,14,17H,4,10,12H2,1-3H3. The third-order valence-corrected chi connectivity index (χ3v) is 3.30. The molecule has 0 saturated carbocycles. The van der Waals surface area contributed by atoms with Crippen molar-refractivity contribution >= 4 is 0 Å². The van der Waals surface area contributed by atoms with Crippen LogP contribution in [0.2, 0.25) is 0 Å². The number of rotatable bonds is 8. The van der Waals surface area contributed by atoms with Crippen LogP contribution < -0.4 is 14.8 Å². The SMILES string of the molecule is CCCNC(COc1ccccc1)c1c(OC)cnn1C. The molecule has 0 aliphatic rings. The summed E-state index contributed by atoms with van der Waals surface area (Å²) in [5.74, 6) is 1.64. The summed E-state index contributed by atoms with van der Waals surface area (Å²) in [7, 11) is 3.58. The van der Waals surface area contributed by atoms with E-state index in [1.54, 1.807) is 13.3 Å². The summed E-state index contributed by atoms with van der Waals surface area (Å²) in [6, 6.07) is 9.86. The first kappa shape index (κ1) is 15.4. The van der Waals surface area contributed by atoms with Crippen LogP contribution in [0.1, 0.15) is 25.1 Å². The Morgan fingerprint density at radius 3 is 2.71 bits per heavy atom. The molecule has 0 amide bonds. The summed E-state index contributed by atoms with van der Waals surface area (Å²) in [5, 5.41) is 7.76. The van der Waals surface area contributed by atoms with Crippen LogP contribution >= 0.6 is 0 Å². The molecule has 1 aromatic carbocycles. The van der Waals surface area contributed by atoms with Crippen LogP contribution in [0.4, 0.5) is 0 Å². The van der Waals surface area contributed by atoms with Gasteiger partial charge in [-0.3, -0.25) is 4.68 Å². The lowest BCUT2D eigenvalue weighted by molar-refractivity contribution is 0.256. The quantitative estimate of drug-likeness (QED) is 0.811. The lowest BCUT2D eigenvalue weighted by Crippen LogP contribution is -2.29. The summed E-state index contributed by atoms with van der Waals surface area (Å²) in [4.78, 5) is 0. The van der Waals surface area contributed by atoms with Crippen LogP contribution in [0.3, 0.4) is 0 Å². The van der Waals surface area contributed by atoms with Crippen molar-refractivity contribution < 1.29 is 9.47 Å². The largest absolute Gasteiger partial charge is 0.493 e. The van der Waals surface area contributed by atoms with E-state index in [2.05, 4.69) is 17.3 Å². The van der Waals surface area contributed by atoms with E-state index >= 15 is 0 Å². The number of para-hydroxylation sites is 1. The minimum Gasteiger partial charge on any atom is -0.493 e. The second kappa shape index (κ2) is 7.69. The molecule has 1 aromatic heterocycles. The average Bonchev–Trinajstić information content (AvgIpc) is 2.89. The van der Waals surface area contributed by atoms with Crippen LogP contribution in [0.5, 0.6) is 11.5 Å². The molecule has 0 aliphatic heterocycles. The van der Waals surface area contributed by atoms with Gasteiger partial charge in [-0.15, -0.1) is 0 Å². The van der Waals surface area contributed by atoms with E-state index in [1.165, 1.54) is 0 Å². The first-order valence-electron chi connectivity index (χ1n) is 7.23. The Morgan fingerprint density at radius 2 is 2.05 bits per heavy atom. The maximum absolute atomic E-state index is 5.88. The maximum atomic E-state index is 5.88. The van der Waals surface area contributed by atoms with E-state index in [1.807, 2.05) is 42.1 Å². The number of nitrogens with one attached hydrogen (secondary N) is 1. The molecule has 1 atom stereocenters. The average molecular weight is 289 g/mol. The van der Waals surface area contributed by atoms with Gasteiger partial charge >= 0.3 is 0 Å². The first-order valence-corrected chi connectivity index (χ1v) is 7.23. The summed E-state index contributed by atoms with van der Waals surface area (Å²) >= 11 is 0. The molecule has 0 bridgehead atoms. The van der Waals surface area contributed by atoms with Crippen LogP contribution in [0.15, 0.2) is 36.5 Å². The van der Waals surface area contributed by atoms with E-state index in [0.717, 1.165) is 30.2 Å². The Morgan fingerprint density at radius 1 is 1.29 bits per heavy atom. The van der Waals surface area contributed by atoms with E-state index in [-0.39, 0.29) is 6.04 Å². The highest BCUT2D eigenvalue weighted by Gasteiger charge is 2.21. The van der Waals surface area contributed by atoms with Gasteiger partial charge in [-0.05, 0) is 25.1 Å². The van der Waals surface area contributed by atoms with E-state index in [4.69, 9.17) is 9.47 Å². The highest BCUT2D eigenvalue weighted by molar-refractivity contribution is 5.29. The van der Waals surface area contributed by atoms with Gasteiger partial charge in [0.15, 0.2) is 5.75 Å². The van der Waals surface area contributed by atoms with Gasteiger partial charge in [0, 0.05) is 7.05 Å². The number of nitrogens with zero attached hydrogens (tertiary/aromatic N) is 2. The zero-order valence-corrected chi connectivity index (χ0v) is 12.9. The van der Waals surface area contributed by atoms with Crippen molar-refractivity contribution in [3.05, 3.63) is 42.2 Å². The highest BCUT2D eigenvalue weighted by Crippen LogP contribution is 2.25. The fourth-order valence-electron chi connectivity index (χ4n) is 2.23. The molecule has 114 valence electrons. The van der Waals surface area contributed by atoms with E-state index < -0.39 is 0 Å². The Bertz CT molecular complexity index is 540. The number of methoxy groups -OCH3 is 1.